The smallest absolute Gasteiger partial charge is 0.239 e. The Bertz CT molecular complexity index is 614. The van der Waals surface area contributed by atoms with E-state index >= 15 is 0 Å². The van der Waals surface area contributed by atoms with Crippen molar-refractivity contribution in [3.63, 3.8) is 0 Å². The molecule has 0 saturated heterocycles. The number of anilines is 1. The highest BCUT2D eigenvalue weighted by molar-refractivity contribution is 5.80. The van der Waals surface area contributed by atoms with E-state index in [1.165, 1.54) is 5.56 Å². The van der Waals surface area contributed by atoms with Crippen molar-refractivity contribution in [1.29, 1.82) is 0 Å². The molecule has 24 heavy (non-hydrogen) atoms. The van der Waals surface area contributed by atoms with Crippen LogP contribution in [0, 0.1) is 0 Å². The van der Waals surface area contributed by atoms with Gasteiger partial charge in [0, 0.05) is 24.7 Å². The molecule has 1 amide bonds. The molecule has 0 fully saturated rings. The van der Waals surface area contributed by atoms with Crippen molar-refractivity contribution in [2.75, 3.05) is 25.0 Å². The molecule has 0 saturated carbocycles. The van der Waals surface area contributed by atoms with Gasteiger partial charge >= 0.3 is 0 Å². The molecule has 2 aromatic carbocycles. The van der Waals surface area contributed by atoms with Crippen molar-refractivity contribution < 1.29 is 9.53 Å². The molecule has 0 aromatic heterocycles. The second kappa shape index (κ2) is 10.3. The Kier molecular flexibility index (Phi) is 7.68. The zero-order chi connectivity index (χ0) is 17.0. The number of rotatable bonds is 10. The summed E-state index contributed by atoms with van der Waals surface area (Å²) in [5, 5.41) is 6.02. The molecule has 4 heteroatoms. The number of carbonyl (C=O) groups excluding carboxylic acids is 1. The Balaban J connectivity index is 1.73. The number of nitrogens with one attached hydrogen (secondary N) is 2. The lowest BCUT2D eigenvalue weighted by Gasteiger charge is -2.10. The van der Waals surface area contributed by atoms with E-state index in [1.54, 1.807) is 0 Å². The first-order valence-electron chi connectivity index (χ1n) is 8.55. The molecule has 0 atom stereocenters. The summed E-state index contributed by atoms with van der Waals surface area (Å²) in [6.07, 6.45) is 2.96. The minimum absolute atomic E-state index is 0.0128. The van der Waals surface area contributed by atoms with Gasteiger partial charge < -0.3 is 15.4 Å². The first-order chi connectivity index (χ1) is 11.8. The van der Waals surface area contributed by atoms with Crippen LogP contribution in [0.15, 0.2) is 54.6 Å². The summed E-state index contributed by atoms with van der Waals surface area (Å²) in [6.45, 7) is 3.75. The summed E-state index contributed by atoms with van der Waals surface area (Å²) in [5.41, 5.74) is 2.15. The summed E-state index contributed by atoms with van der Waals surface area (Å²) >= 11 is 0. The Morgan fingerprint density at radius 1 is 1.08 bits per heavy atom. The van der Waals surface area contributed by atoms with E-state index in [1.807, 2.05) is 42.5 Å². The van der Waals surface area contributed by atoms with Crippen LogP contribution in [-0.4, -0.2) is 25.6 Å². The molecular weight excluding hydrogens is 300 g/mol. The van der Waals surface area contributed by atoms with Crippen molar-refractivity contribution in [3.05, 3.63) is 60.2 Å². The van der Waals surface area contributed by atoms with Gasteiger partial charge in [-0.15, -0.1) is 0 Å². The van der Waals surface area contributed by atoms with Crippen LogP contribution in [0.1, 0.15) is 25.3 Å². The highest BCUT2D eigenvalue weighted by Crippen LogP contribution is 2.17. The first kappa shape index (κ1) is 17.9. The van der Waals surface area contributed by atoms with E-state index in [2.05, 4.69) is 29.7 Å². The zero-order valence-electron chi connectivity index (χ0n) is 14.3. The van der Waals surface area contributed by atoms with E-state index < -0.39 is 0 Å². The topological polar surface area (TPSA) is 50.4 Å². The van der Waals surface area contributed by atoms with Crippen LogP contribution in [0.4, 0.5) is 5.69 Å². The Morgan fingerprint density at radius 2 is 1.92 bits per heavy atom. The van der Waals surface area contributed by atoms with E-state index in [9.17, 15) is 4.79 Å². The molecule has 4 nitrogen and oxygen atoms in total. The molecule has 128 valence electrons. The fourth-order valence-electron chi connectivity index (χ4n) is 2.28. The fraction of sp³-hybridized carbons (Fsp3) is 0.350. The largest absolute Gasteiger partial charge is 0.493 e. The minimum atomic E-state index is 0.0128. The van der Waals surface area contributed by atoms with E-state index in [0.717, 1.165) is 37.2 Å². The number of hydrogen-bond acceptors (Lipinski definition) is 3. The molecule has 0 heterocycles. The van der Waals surface area contributed by atoms with Gasteiger partial charge in [-0.25, -0.2) is 0 Å². The van der Waals surface area contributed by atoms with Crippen LogP contribution < -0.4 is 15.4 Å². The third kappa shape index (κ3) is 6.73. The summed E-state index contributed by atoms with van der Waals surface area (Å²) in [7, 11) is 0. The van der Waals surface area contributed by atoms with Gasteiger partial charge in [-0.2, -0.15) is 0 Å². The zero-order valence-corrected chi connectivity index (χ0v) is 14.3. The minimum Gasteiger partial charge on any atom is -0.493 e. The highest BCUT2D eigenvalue weighted by Gasteiger charge is 2.02. The molecule has 0 aliphatic carbocycles. The average Bonchev–Trinajstić information content (AvgIpc) is 2.62. The van der Waals surface area contributed by atoms with Gasteiger partial charge in [-0.1, -0.05) is 49.7 Å². The van der Waals surface area contributed by atoms with Gasteiger partial charge in [0.15, 0.2) is 0 Å². The molecule has 2 aromatic rings. The van der Waals surface area contributed by atoms with Gasteiger partial charge in [0.05, 0.1) is 13.2 Å². The summed E-state index contributed by atoms with van der Waals surface area (Å²) < 4.78 is 5.80. The number of benzene rings is 2. The van der Waals surface area contributed by atoms with Gasteiger partial charge in [-0.3, -0.25) is 4.79 Å². The highest BCUT2D eigenvalue weighted by atomic mass is 16.5. The van der Waals surface area contributed by atoms with Crippen molar-refractivity contribution >= 4 is 11.6 Å². The quantitative estimate of drug-likeness (QED) is 0.656. The molecule has 0 unspecified atom stereocenters. The molecule has 0 aliphatic heterocycles. The maximum atomic E-state index is 11.7. The SMILES string of the molecule is CCCCNC(=O)CNc1cccc(OCCc2ccccc2)c1. The second-order valence-electron chi connectivity index (χ2n) is 5.67. The van der Waals surface area contributed by atoms with Crippen molar-refractivity contribution in [2.24, 2.45) is 0 Å². The Hall–Kier alpha value is -2.49. The number of ether oxygens (including phenoxy) is 1. The summed E-state index contributed by atoms with van der Waals surface area (Å²) in [4.78, 5) is 11.7. The monoisotopic (exact) mass is 326 g/mol. The lowest BCUT2D eigenvalue weighted by molar-refractivity contribution is -0.119. The van der Waals surface area contributed by atoms with Crippen LogP contribution in [0.2, 0.25) is 0 Å². The summed E-state index contributed by atoms with van der Waals surface area (Å²) in [6, 6.07) is 18.0. The average molecular weight is 326 g/mol. The molecule has 0 bridgehead atoms. The number of amides is 1. The maximum Gasteiger partial charge on any atom is 0.239 e. The van der Waals surface area contributed by atoms with Crippen molar-refractivity contribution in [2.45, 2.75) is 26.2 Å². The molecular formula is C20H26N2O2. The standard InChI is InChI=1S/C20H26N2O2/c1-2-3-13-21-20(23)16-22-18-10-7-11-19(15-18)24-14-12-17-8-5-4-6-9-17/h4-11,15,22H,2-3,12-14,16H2,1H3,(H,21,23). The fourth-order valence-corrected chi connectivity index (χ4v) is 2.28. The second-order valence-corrected chi connectivity index (χ2v) is 5.67. The molecule has 0 radical (unpaired) electrons. The van der Waals surface area contributed by atoms with Crippen LogP contribution in [-0.2, 0) is 11.2 Å². The third-order valence-corrected chi connectivity index (χ3v) is 3.64. The van der Waals surface area contributed by atoms with Crippen LogP contribution in [0.25, 0.3) is 0 Å². The maximum absolute atomic E-state index is 11.7. The van der Waals surface area contributed by atoms with Crippen molar-refractivity contribution in [1.82, 2.24) is 5.32 Å². The number of hydrogen-bond donors (Lipinski definition) is 2. The summed E-state index contributed by atoms with van der Waals surface area (Å²) in [5.74, 6) is 0.821. The van der Waals surface area contributed by atoms with Gasteiger partial charge in [0.25, 0.3) is 0 Å². The van der Waals surface area contributed by atoms with Gasteiger partial charge in [0.1, 0.15) is 5.75 Å². The normalized spacial score (nSPS) is 10.2. The first-order valence-corrected chi connectivity index (χ1v) is 8.55. The lowest BCUT2D eigenvalue weighted by atomic mass is 10.2. The predicted octanol–water partition coefficient (Wildman–Crippen LogP) is 3.64. The Morgan fingerprint density at radius 3 is 2.71 bits per heavy atom. The third-order valence-electron chi connectivity index (χ3n) is 3.64. The van der Waals surface area contributed by atoms with Gasteiger partial charge in [0.2, 0.25) is 5.91 Å². The number of unbranched alkanes of at least 4 members (excludes halogenated alkanes) is 1. The van der Waals surface area contributed by atoms with E-state index in [-0.39, 0.29) is 12.5 Å². The van der Waals surface area contributed by atoms with Crippen LogP contribution in [0.3, 0.4) is 0 Å². The Labute approximate surface area is 144 Å². The predicted molar refractivity (Wildman–Crippen MR) is 98.5 cm³/mol. The molecule has 2 N–H and O–H groups in total. The van der Waals surface area contributed by atoms with Gasteiger partial charge in [-0.05, 0) is 24.1 Å². The molecule has 0 aliphatic rings. The molecule has 0 spiro atoms. The van der Waals surface area contributed by atoms with Crippen LogP contribution in [0.5, 0.6) is 5.75 Å². The molecule has 2 rings (SSSR count). The van der Waals surface area contributed by atoms with E-state index in [0.29, 0.717) is 6.61 Å². The van der Waals surface area contributed by atoms with Crippen LogP contribution >= 0.6 is 0 Å². The van der Waals surface area contributed by atoms with Crippen molar-refractivity contribution in [3.8, 4) is 5.75 Å². The number of carbonyl (C=O) groups is 1. The lowest BCUT2D eigenvalue weighted by Crippen LogP contribution is -2.30. The van der Waals surface area contributed by atoms with E-state index in [4.69, 9.17) is 4.74 Å².